The van der Waals surface area contributed by atoms with Crippen molar-refractivity contribution < 1.29 is 0 Å². The van der Waals surface area contributed by atoms with E-state index in [1.807, 2.05) is 48.5 Å². The lowest BCUT2D eigenvalue weighted by Crippen LogP contribution is -2.33. The van der Waals surface area contributed by atoms with E-state index >= 15 is 0 Å². The zero-order valence-electron chi connectivity index (χ0n) is 10.00. The molecule has 1 unspecified atom stereocenters. The van der Waals surface area contributed by atoms with Crippen LogP contribution in [0.2, 0.25) is 0 Å². The number of likely N-dealkylation sites (N-methyl/N-ethyl adjacent to an activating group) is 1. The number of hydrogen-bond acceptors (Lipinski definition) is 5. The number of hydrogen-bond donors (Lipinski definition) is 1. The van der Waals surface area contributed by atoms with Crippen molar-refractivity contribution in [2.24, 2.45) is 5.73 Å². The Morgan fingerprint density at radius 3 is 2.71 bits per heavy atom. The summed E-state index contributed by atoms with van der Waals surface area (Å²) in [5, 5.41) is 10.5. The molecule has 0 aliphatic heterocycles. The first-order valence-electron chi connectivity index (χ1n) is 5.51. The van der Waals surface area contributed by atoms with Gasteiger partial charge in [-0.25, -0.2) is 0 Å². The van der Waals surface area contributed by atoms with Gasteiger partial charge in [0, 0.05) is 19.6 Å². The molecule has 0 bridgehead atoms. The van der Waals surface area contributed by atoms with Crippen LogP contribution in [0.15, 0.2) is 29.6 Å². The Kier molecular flexibility index (Phi) is 3.71. The summed E-state index contributed by atoms with van der Waals surface area (Å²) in [6.07, 6.45) is 0. The molecule has 90 valence electrons. The summed E-state index contributed by atoms with van der Waals surface area (Å²) in [5.41, 5.74) is 6.66. The van der Waals surface area contributed by atoms with Gasteiger partial charge in [0.2, 0.25) is 0 Å². The zero-order chi connectivity index (χ0) is 12.3. The Morgan fingerprint density at radius 2 is 2.18 bits per heavy atom. The number of aromatic nitrogens is 2. The molecule has 0 saturated heterocycles. The summed E-state index contributed by atoms with van der Waals surface area (Å²) in [4.78, 5) is 3.15. The van der Waals surface area contributed by atoms with E-state index in [1.54, 1.807) is 11.3 Å². The van der Waals surface area contributed by atoms with Gasteiger partial charge in [-0.05, 0) is 30.5 Å². The molecule has 0 aliphatic carbocycles. The first kappa shape index (κ1) is 12.0. The van der Waals surface area contributed by atoms with E-state index in [0.29, 0.717) is 0 Å². The van der Waals surface area contributed by atoms with Gasteiger partial charge in [0.15, 0.2) is 5.82 Å². The topological polar surface area (TPSA) is 55.0 Å². The summed E-state index contributed by atoms with van der Waals surface area (Å²) < 4.78 is 0. The second-order valence-electron chi connectivity index (χ2n) is 4.11. The van der Waals surface area contributed by atoms with Crippen LogP contribution in [0.3, 0.4) is 0 Å². The van der Waals surface area contributed by atoms with Crippen molar-refractivity contribution >= 4 is 17.2 Å². The molecule has 2 aromatic heterocycles. The third-order valence-corrected chi connectivity index (χ3v) is 3.27. The minimum absolute atomic E-state index is 0.124. The lowest BCUT2D eigenvalue weighted by Gasteiger charge is -2.19. The maximum Gasteiger partial charge on any atom is 0.151 e. The number of anilines is 1. The van der Waals surface area contributed by atoms with Crippen LogP contribution in [-0.2, 0) is 0 Å². The second-order valence-corrected chi connectivity index (χ2v) is 5.06. The SMILES string of the molecule is CC(N)CN(C)c1ccc(-c2cccs2)nn1. The predicted molar refractivity (Wildman–Crippen MR) is 72.3 cm³/mol. The monoisotopic (exact) mass is 248 g/mol. The van der Waals surface area contributed by atoms with Crippen molar-refractivity contribution in [3.05, 3.63) is 29.6 Å². The van der Waals surface area contributed by atoms with Gasteiger partial charge in [0.1, 0.15) is 5.69 Å². The van der Waals surface area contributed by atoms with Gasteiger partial charge in [-0.15, -0.1) is 21.5 Å². The fourth-order valence-corrected chi connectivity index (χ4v) is 2.30. The van der Waals surface area contributed by atoms with Gasteiger partial charge in [-0.3, -0.25) is 0 Å². The first-order valence-corrected chi connectivity index (χ1v) is 6.39. The Hall–Kier alpha value is -1.46. The summed E-state index contributed by atoms with van der Waals surface area (Å²) in [7, 11) is 1.97. The van der Waals surface area contributed by atoms with Gasteiger partial charge in [0.25, 0.3) is 0 Å². The second kappa shape index (κ2) is 5.25. The van der Waals surface area contributed by atoms with E-state index in [0.717, 1.165) is 22.9 Å². The van der Waals surface area contributed by atoms with Crippen molar-refractivity contribution in [2.45, 2.75) is 13.0 Å². The van der Waals surface area contributed by atoms with Crippen molar-refractivity contribution in [2.75, 3.05) is 18.5 Å². The average molecular weight is 248 g/mol. The van der Waals surface area contributed by atoms with E-state index in [-0.39, 0.29) is 6.04 Å². The molecule has 17 heavy (non-hydrogen) atoms. The molecule has 0 radical (unpaired) electrons. The normalized spacial score (nSPS) is 12.4. The minimum Gasteiger partial charge on any atom is -0.357 e. The van der Waals surface area contributed by atoms with Gasteiger partial charge < -0.3 is 10.6 Å². The van der Waals surface area contributed by atoms with Crippen molar-refractivity contribution in [1.29, 1.82) is 0 Å². The highest BCUT2D eigenvalue weighted by Crippen LogP contribution is 2.22. The predicted octanol–water partition coefficient (Wildman–Crippen LogP) is 1.99. The fraction of sp³-hybridized carbons (Fsp3) is 0.333. The van der Waals surface area contributed by atoms with Crippen LogP contribution in [0.25, 0.3) is 10.6 Å². The van der Waals surface area contributed by atoms with Crippen LogP contribution in [-0.4, -0.2) is 29.8 Å². The van der Waals surface area contributed by atoms with Gasteiger partial charge in [-0.2, -0.15) is 0 Å². The van der Waals surface area contributed by atoms with E-state index in [2.05, 4.69) is 10.2 Å². The molecule has 1 atom stereocenters. The number of nitrogens with zero attached hydrogens (tertiary/aromatic N) is 3. The largest absolute Gasteiger partial charge is 0.357 e. The summed E-state index contributed by atoms with van der Waals surface area (Å²) in [6.45, 7) is 2.75. The number of nitrogens with two attached hydrogens (primary N) is 1. The van der Waals surface area contributed by atoms with Crippen LogP contribution in [0.4, 0.5) is 5.82 Å². The summed E-state index contributed by atoms with van der Waals surface area (Å²) in [5.74, 6) is 0.850. The Labute approximate surface area is 105 Å². The van der Waals surface area contributed by atoms with Crippen LogP contribution >= 0.6 is 11.3 Å². The maximum absolute atomic E-state index is 5.75. The van der Waals surface area contributed by atoms with E-state index < -0.39 is 0 Å². The van der Waals surface area contributed by atoms with E-state index in [4.69, 9.17) is 5.73 Å². The quantitative estimate of drug-likeness (QED) is 0.899. The Bertz CT molecular complexity index is 450. The highest BCUT2D eigenvalue weighted by Gasteiger charge is 2.06. The van der Waals surface area contributed by atoms with Crippen LogP contribution in [0, 0.1) is 0 Å². The molecular formula is C12H16N4S. The molecule has 0 aromatic carbocycles. The standard InChI is InChI=1S/C12H16N4S/c1-9(13)8-16(2)12-6-5-10(14-15-12)11-4-3-7-17-11/h3-7,9H,8,13H2,1-2H3. The fourth-order valence-electron chi connectivity index (χ4n) is 1.61. The third-order valence-electron chi connectivity index (χ3n) is 2.38. The minimum atomic E-state index is 0.124. The summed E-state index contributed by atoms with van der Waals surface area (Å²) in [6, 6.07) is 8.15. The first-order chi connectivity index (χ1) is 8.16. The maximum atomic E-state index is 5.75. The Balaban J connectivity index is 2.13. The van der Waals surface area contributed by atoms with Crippen LogP contribution in [0.1, 0.15) is 6.92 Å². The Morgan fingerprint density at radius 1 is 1.35 bits per heavy atom. The summed E-state index contributed by atoms with van der Waals surface area (Å²) >= 11 is 1.66. The molecule has 0 fully saturated rings. The molecule has 2 rings (SSSR count). The molecule has 2 aromatic rings. The molecule has 2 N–H and O–H groups in total. The van der Waals surface area contributed by atoms with E-state index in [9.17, 15) is 0 Å². The number of rotatable bonds is 4. The lowest BCUT2D eigenvalue weighted by atomic mass is 10.3. The molecule has 4 nitrogen and oxygen atoms in total. The van der Waals surface area contributed by atoms with Gasteiger partial charge in [0.05, 0.1) is 4.88 Å². The zero-order valence-corrected chi connectivity index (χ0v) is 10.8. The molecular weight excluding hydrogens is 232 g/mol. The van der Waals surface area contributed by atoms with Gasteiger partial charge >= 0.3 is 0 Å². The van der Waals surface area contributed by atoms with Crippen molar-refractivity contribution in [3.63, 3.8) is 0 Å². The van der Waals surface area contributed by atoms with Gasteiger partial charge in [-0.1, -0.05) is 6.07 Å². The van der Waals surface area contributed by atoms with Crippen molar-refractivity contribution in [3.8, 4) is 10.6 Å². The smallest absolute Gasteiger partial charge is 0.151 e. The van der Waals surface area contributed by atoms with Crippen LogP contribution < -0.4 is 10.6 Å². The van der Waals surface area contributed by atoms with Crippen LogP contribution in [0.5, 0.6) is 0 Å². The molecule has 0 saturated carbocycles. The molecule has 0 spiro atoms. The average Bonchev–Trinajstić information content (AvgIpc) is 2.82. The highest BCUT2D eigenvalue weighted by molar-refractivity contribution is 7.13. The highest BCUT2D eigenvalue weighted by atomic mass is 32.1. The molecule has 2 heterocycles. The van der Waals surface area contributed by atoms with Crippen molar-refractivity contribution in [1.82, 2.24) is 10.2 Å². The third kappa shape index (κ3) is 3.01. The molecule has 0 aliphatic rings. The lowest BCUT2D eigenvalue weighted by molar-refractivity contribution is 0.708. The van der Waals surface area contributed by atoms with E-state index in [1.165, 1.54) is 0 Å². The molecule has 0 amide bonds. The molecule has 5 heteroatoms. The number of thiophene rings is 1.